The number of hydrogen-bond donors (Lipinski definition) is 5. The fraction of sp³-hybridized carbons (Fsp3) is 0.294. The van der Waals surface area contributed by atoms with Gasteiger partial charge in [0.2, 0.25) is 0 Å². The van der Waals surface area contributed by atoms with Crippen LogP contribution in [-0.4, -0.2) is 66.1 Å². The van der Waals surface area contributed by atoms with Crippen LogP contribution in [0.15, 0.2) is 51.8 Å². The molecule has 0 aliphatic rings. The van der Waals surface area contributed by atoms with Crippen molar-refractivity contribution in [2.75, 3.05) is 17.6 Å². The van der Waals surface area contributed by atoms with Crippen LogP contribution in [0.25, 0.3) is 0 Å². The molecule has 2 rings (SSSR count). The van der Waals surface area contributed by atoms with E-state index in [0.717, 1.165) is 6.42 Å². The molecule has 0 fully saturated rings. The Balaban J connectivity index is 0.000000582. The number of aryl methyl sites for hydroxylation is 1. The maximum Gasteiger partial charge on any atom is 0.408 e. The number of alkyl halides is 3. The number of nitrogens with one attached hydrogen (secondary N) is 2. The van der Waals surface area contributed by atoms with Gasteiger partial charge in [-0.2, -0.15) is 13.2 Å². The Morgan fingerprint density at radius 3 is 2.52 bits per heavy atom. The third-order valence-corrected chi connectivity index (χ3v) is 4.13. The van der Waals surface area contributed by atoms with E-state index in [1.165, 1.54) is 24.0 Å². The molecule has 0 spiro atoms. The molecule has 12 nitrogen and oxygen atoms in total. The van der Waals surface area contributed by atoms with Gasteiger partial charge >= 0.3 is 23.8 Å². The maximum atomic E-state index is 12.1. The van der Waals surface area contributed by atoms with Gasteiger partial charge < -0.3 is 26.2 Å². The zero-order valence-corrected chi connectivity index (χ0v) is 17.6. The van der Waals surface area contributed by atoms with Gasteiger partial charge in [0.1, 0.15) is 12.4 Å². The van der Waals surface area contributed by atoms with Gasteiger partial charge in [0, 0.05) is 43.0 Å². The minimum Gasteiger partial charge on any atom is -0.478 e. The molecule has 0 radical (unpaired) electrons. The summed E-state index contributed by atoms with van der Waals surface area (Å²) >= 11 is 1.36. The first kappa shape index (κ1) is 27.2. The number of thioether (sulfide) groups is 1. The highest BCUT2D eigenvalue weighted by Crippen LogP contribution is 2.16. The van der Waals surface area contributed by atoms with E-state index in [2.05, 4.69) is 25.3 Å². The lowest BCUT2D eigenvalue weighted by Crippen LogP contribution is -2.26. The molecule has 2 aromatic heterocycles. The fourth-order valence-corrected chi connectivity index (χ4v) is 2.65. The van der Waals surface area contributed by atoms with Crippen molar-refractivity contribution in [1.29, 1.82) is 0 Å². The van der Waals surface area contributed by atoms with Crippen LogP contribution >= 0.6 is 11.8 Å². The van der Waals surface area contributed by atoms with Gasteiger partial charge in [-0.05, 0) is 12.5 Å². The molecule has 2 aromatic rings. The monoisotopic (exact) mass is 491 g/mol. The van der Waals surface area contributed by atoms with Crippen LogP contribution in [-0.2, 0) is 16.1 Å². The maximum absolute atomic E-state index is 12.1. The van der Waals surface area contributed by atoms with E-state index in [4.69, 9.17) is 15.9 Å². The minimum absolute atomic E-state index is 0.166. The lowest BCUT2D eigenvalue weighted by atomic mass is 10.5. The van der Waals surface area contributed by atoms with Crippen molar-refractivity contribution in [3.8, 4) is 0 Å². The first-order valence-electron chi connectivity index (χ1n) is 8.93. The predicted octanol–water partition coefficient (Wildman–Crippen LogP) is 1.15. The molecule has 0 bridgehead atoms. The molecule has 2 heterocycles. The van der Waals surface area contributed by atoms with Crippen LogP contribution in [0.3, 0.4) is 0 Å². The van der Waals surface area contributed by atoms with E-state index < -0.39 is 24.7 Å². The minimum atomic E-state index is -4.42. The van der Waals surface area contributed by atoms with E-state index in [-0.39, 0.29) is 17.5 Å². The molecule has 0 unspecified atom stereocenters. The summed E-state index contributed by atoms with van der Waals surface area (Å²) in [5.74, 6) is -1.97. The van der Waals surface area contributed by atoms with Gasteiger partial charge in [0.25, 0.3) is 0 Å². The van der Waals surface area contributed by atoms with Crippen LogP contribution in [0.2, 0.25) is 0 Å². The Bertz CT molecular complexity index is 1020. The Morgan fingerprint density at radius 1 is 1.30 bits per heavy atom. The molecule has 0 atom stereocenters. The van der Waals surface area contributed by atoms with Gasteiger partial charge in [-0.15, -0.1) is 0 Å². The van der Waals surface area contributed by atoms with Crippen LogP contribution in [0.1, 0.15) is 6.42 Å². The Morgan fingerprint density at radius 2 is 1.97 bits per heavy atom. The summed E-state index contributed by atoms with van der Waals surface area (Å²) < 4.78 is 37.8. The topological polar surface area (TPSA) is 189 Å². The van der Waals surface area contributed by atoms with E-state index in [9.17, 15) is 27.6 Å². The molecule has 0 aliphatic heterocycles. The fourth-order valence-electron chi connectivity index (χ4n) is 1.89. The normalized spacial score (nSPS) is 11.7. The van der Waals surface area contributed by atoms with Gasteiger partial charge in [-0.25, -0.2) is 29.3 Å². The second kappa shape index (κ2) is 13.6. The van der Waals surface area contributed by atoms with Gasteiger partial charge in [0.05, 0.1) is 0 Å². The molecular weight excluding hydrogens is 471 g/mol. The summed E-state index contributed by atoms with van der Waals surface area (Å²) in [7, 11) is 0. The largest absolute Gasteiger partial charge is 0.478 e. The number of aliphatic imine (C=N–C) groups is 1. The first-order chi connectivity index (χ1) is 15.5. The van der Waals surface area contributed by atoms with Gasteiger partial charge in [0.15, 0.2) is 11.1 Å². The number of nitrogens with zero attached hydrogens (tertiary/aromatic N) is 4. The van der Waals surface area contributed by atoms with Crippen molar-refractivity contribution < 1.29 is 33.0 Å². The number of aromatic nitrogens is 4. The number of guanidine groups is 1. The molecule has 6 N–H and O–H groups in total. The van der Waals surface area contributed by atoms with E-state index in [1.54, 1.807) is 17.0 Å². The lowest BCUT2D eigenvalue weighted by Gasteiger charge is -2.07. The number of carboxylic acids is 2. The number of carbonyl (C=O) groups is 2. The SMILES string of the molecule is NC(=NCC(F)(F)F)Nc1ccnc(SCCCn2cc[nH]c2=O)n1.O=C(O)C=CC(=O)O. The van der Waals surface area contributed by atoms with Crippen LogP contribution in [0.5, 0.6) is 0 Å². The number of H-pyrrole nitrogens is 1. The van der Waals surface area contributed by atoms with Crippen LogP contribution in [0.4, 0.5) is 19.0 Å². The van der Waals surface area contributed by atoms with Crippen molar-refractivity contribution in [2.24, 2.45) is 10.7 Å². The number of anilines is 1. The van der Waals surface area contributed by atoms with E-state index in [0.29, 0.717) is 29.6 Å². The summed E-state index contributed by atoms with van der Waals surface area (Å²) in [6.07, 6.45) is 2.12. The Hall–Kier alpha value is -3.82. The zero-order chi connectivity index (χ0) is 24.9. The molecule has 33 heavy (non-hydrogen) atoms. The quantitative estimate of drug-likeness (QED) is 0.0850. The number of aliphatic carboxylic acids is 2. The van der Waals surface area contributed by atoms with E-state index in [1.807, 2.05) is 0 Å². The molecule has 0 amide bonds. The molecule has 0 saturated heterocycles. The number of aromatic amines is 1. The summed E-state index contributed by atoms with van der Waals surface area (Å²) in [6, 6.07) is 1.47. The smallest absolute Gasteiger partial charge is 0.408 e. The second-order valence-electron chi connectivity index (χ2n) is 5.84. The molecule has 180 valence electrons. The Kier molecular flexibility index (Phi) is 11.2. The third-order valence-electron chi connectivity index (χ3n) is 3.18. The third kappa shape index (κ3) is 13.2. The second-order valence-corrected chi connectivity index (χ2v) is 6.90. The summed E-state index contributed by atoms with van der Waals surface area (Å²) in [6.45, 7) is -0.804. The van der Waals surface area contributed by atoms with Crippen molar-refractivity contribution in [3.63, 3.8) is 0 Å². The van der Waals surface area contributed by atoms with Crippen molar-refractivity contribution in [3.05, 3.63) is 47.3 Å². The predicted molar refractivity (Wildman–Crippen MR) is 113 cm³/mol. The molecule has 16 heteroatoms. The zero-order valence-electron chi connectivity index (χ0n) is 16.8. The summed E-state index contributed by atoms with van der Waals surface area (Å²) in [4.78, 5) is 44.4. The molecular formula is C17H20F3N7O5S. The van der Waals surface area contributed by atoms with Crippen molar-refractivity contribution in [1.82, 2.24) is 19.5 Å². The summed E-state index contributed by atoms with van der Waals surface area (Å²) in [5.41, 5.74) is 5.22. The molecule has 0 saturated carbocycles. The number of nitrogens with two attached hydrogens (primary N) is 1. The number of imidazole rings is 1. The first-order valence-corrected chi connectivity index (χ1v) is 9.92. The van der Waals surface area contributed by atoms with Crippen LogP contribution < -0.4 is 16.7 Å². The number of hydrogen-bond acceptors (Lipinski definition) is 7. The highest BCUT2D eigenvalue weighted by atomic mass is 32.2. The highest BCUT2D eigenvalue weighted by Gasteiger charge is 2.26. The highest BCUT2D eigenvalue weighted by molar-refractivity contribution is 7.99. The summed E-state index contributed by atoms with van der Waals surface area (Å²) in [5, 5.41) is 18.6. The standard InChI is InChI=1S/C13H16F3N7OS.C4H4O4/c14-13(15,16)8-20-10(17)21-9-2-3-18-11(22-9)25-7-1-5-23-6-4-19-12(23)24;5-3(6)1-2-4(7)8/h2-4,6H,1,5,7-8H2,(H,19,24)(H3,17,18,20,21,22);1-2H,(H,5,6)(H,7,8). The van der Waals surface area contributed by atoms with Crippen molar-refractivity contribution in [2.45, 2.75) is 24.3 Å². The van der Waals surface area contributed by atoms with Crippen LogP contribution in [0, 0.1) is 0 Å². The average Bonchev–Trinajstić information content (AvgIpc) is 3.13. The van der Waals surface area contributed by atoms with E-state index >= 15 is 0 Å². The van der Waals surface area contributed by atoms with Crippen molar-refractivity contribution >= 4 is 35.5 Å². The van der Waals surface area contributed by atoms with Gasteiger partial charge in [-0.1, -0.05) is 11.8 Å². The number of carboxylic acid groups (broad SMARTS) is 2. The Labute approximate surface area is 188 Å². The average molecular weight is 491 g/mol. The number of halogens is 3. The number of rotatable bonds is 9. The molecule has 0 aliphatic carbocycles. The molecule has 0 aromatic carbocycles. The van der Waals surface area contributed by atoms with Gasteiger partial charge in [-0.3, -0.25) is 4.57 Å². The lowest BCUT2D eigenvalue weighted by molar-refractivity contribution is -0.134.